The number of unbranched alkanes of at least 4 members (excludes halogenated alkanes) is 2. The summed E-state index contributed by atoms with van der Waals surface area (Å²) >= 11 is 2.11. The van der Waals surface area contributed by atoms with Crippen LogP contribution in [0.5, 0.6) is 0 Å². The summed E-state index contributed by atoms with van der Waals surface area (Å²) in [5.74, 6) is 4.79. The van der Waals surface area contributed by atoms with E-state index in [4.69, 9.17) is 4.98 Å². The van der Waals surface area contributed by atoms with Crippen molar-refractivity contribution in [3.8, 4) is 0 Å². The Morgan fingerprint density at radius 1 is 1.17 bits per heavy atom. The van der Waals surface area contributed by atoms with Crippen molar-refractivity contribution >= 4 is 22.8 Å². The Bertz CT molecular complexity index is 631. The third-order valence-electron chi connectivity index (χ3n) is 4.64. The van der Waals surface area contributed by atoms with E-state index in [-0.39, 0.29) is 0 Å². The minimum Gasteiger partial charge on any atom is -0.328 e. The van der Waals surface area contributed by atoms with Crippen LogP contribution < -0.4 is 0 Å². The summed E-state index contributed by atoms with van der Waals surface area (Å²) in [6.45, 7) is 5.54. The van der Waals surface area contributed by atoms with Gasteiger partial charge in [-0.05, 0) is 62.0 Å². The van der Waals surface area contributed by atoms with Gasteiger partial charge < -0.3 is 4.57 Å². The minimum absolute atomic E-state index is 0.878. The molecule has 1 saturated carbocycles. The molecule has 23 heavy (non-hydrogen) atoms. The second-order valence-electron chi connectivity index (χ2n) is 6.82. The standard InChI is InChI=1S/C19H29N3S/c1-3-4-10-23-11-6-5-9-22-18(12-16-7-8-16)21-17-14-20-13-15(2)19(17)22/h13-14,16H,3-12H2,1-2H3. The number of nitrogens with zero attached hydrogens (tertiary/aromatic N) is 3. The molecule has 126 valence electrons. The summed E-state index contributed by atoms with van der Waals surface area (Å²) in [6, 6.07) is 0. The molecule has 3 rings (SSSR count). The molecular weight excluding hydrogens is 302 g/mol. The fraction of sp³-hybridized carbons (Fsp3) is 0.684. The zero-order chi connectivity index (χ0) is 16.1. The first-order valence-corrected chi connectivity index (χ1v) is 10.3. The summed E-state index contributed by atoms with van der Waals surface area (Å²) < 4.78 is 2.49. The van der Waals surface area contributed by atoms with Crippen molar-refractivity contribution in [1.29, 1.82) is 0 Å². The van der Waals surface area contributed by atoms with Crippen LogP contribution in [-0.2, 0) is 13.0 Å². The average Bonchev–Trinajstić information content (AvgIpc) is 3.28. The van der Waals surface area contributed by atoms with Crippen LogP contribution in [0, 0.1) is 12.8 Å². The van der Waals surface area contributed by atoms with Gasteiger partial charge in [-0.3, -0.25) is 4.98 Å². The third-order valence-corrected chi connectivity index (χ3v) is 5.80. The van der Waals surface area contributed by atoms with E-state index in [1.807, 2.05) is 12.4 Å². The molecule has 0 aliphatic heterocycles. The normalized spacial score (nSPS) is 14.7. The van der Waals surface area contributed by atoms with Crippen LogP contribution in [0.3, 0.4) is 0 Å². The molecule has 4 heteroatoms. The molecule has 2 heterocycles. The van der Waals surface area contributed by atoms with Gasteiger partial charge in [-0.2, -0.15) is 11.8 Å². The van der Waals surface area contributed by atoms with Crippen molar-refractivity contribution in [2.45, 2.75) is 65.3 Å². The number of rotatable bonds is 10. The highest BCUT2D eigenvalue weighted by Crippen LogP contribution is 2.33. The highest BCUT2D eigenvalue weighted by atomic mass is 32.2. The molecule has 0 unspecified atom stereocenters. The number of thioether (sulfide) groups is 1. The molecule has 0 saturated heterocycles. The summed E-state index contributed by atoms with van der Waals surface area (Å²) in [4.78, 5) is 9.21. The Morgan fingerprint density at radius 3 is 2.78 bits per heavy atom. The maximum absolute atomic E-state index is 4.89. The quantitative estimate of drug-likeness (QED) is 0.574. The lowest BCUT2D eigenvalue weighted by atomic mass is 10.2. The molecule has 1 aliphatic carbocycles. The van der Waals surface area contributed by atoms with Crippen molar-refractivity contribution in [3.63, 3.8) is 0 Å². The van der Waals surface area contributed by atoms with Crippen LogP contribution in [0.1, 0.15) is 56.8 Å². The zero-order valence-corrected chi connectivity index (χ0v) is 15.4. The highest BCUT2D eigenvalue weighted by molar-refractivity contribution is 7.99. The third kappa shape index (κ3) is 4.50. The molecule has 3 nitrogen and oxygen atoms in total. The van der Waals surface area contributed by atoms with Crippen LogP contribution in [0.4, 0.5) is 0 Å². The number of aryl methyl sites for hydroxylation is 2. The fourth-order valence-corrected chi connectivity index (χ4v) is 4.21. The second-order valence-corrected chi connectivity index (χ2v) is 8.05. The number of imidazole rings is 1. The van der Waals surface area contributed by atoms with Crippen molar-refractivity contribution in [3.05, 3.63) is 23.8 Å². The van der Waals surface area contributed by atoms with Crippen LogP contribution in [0.2, 0.25) is 0 Å². The fourth-order valence-electron chi connectivity index (χ4n) is 3.10. The van der Waals surface area contributed by atoms with E-state index < -0.39 is 0 Å². The Kier molecular flexibility index (Phi) is 5.98. The van der Waals surface area contributed by atoms with Crippen molar-refractivity contribution in [1.82, 2.24) is 14.5 Å². The highest BCUT2D eigenvalue weighted by Gasteiger charge is 2.25. The Balaban J connectivity index is 1.63. The van der Waals surface area contributed by atoms with Gasteiger partial charge in [0.15, 0.2) is 0 Å². The number of hydrogen-bond donors (Lipinski definition) is 0. The summed E-state index contributed by atoms with van der Waals surface area (Å²) in [7, 11) is 0. The van der Waals surface area contributed by atoms with Crippen LogP contribution in [-0.4, -0.2) is 26.0 Å². The van der Waals surface area contributed by atoms with E-state index in [0.29, 0.717) is 0 Å². The van der Waals surface area contributed by atoms with Crippen molar-refractivity contribution in [2.75, 3.05) is 11.5 Å². The average molecular weight is 332 g/mol. The van der Waals surface area contributed by atoms with E-state index in [2.05, 4.69) is 35.2 Å². The lowest BCUT2D eigenvalue weighted by Gasteiger charge is -2.10. The Labute approximate surface area is 144 Å². The van der Waals surface area contributed by atoms with Gasteiger partial charge >= 0.3 is 0 Å². The number of fused-ring (bicyclic) bond motifs is 1. The van der Waals surface area contributed by atoms with Gasteiger partial charge in [-0.15, -0.1) is 0 Å². The number of pyridine rings is 1. The van der Waals surface area contributed by atoms with Gasteiger partial charge in [0.2, 0.25) is 0 Å². The molecule has 2 aromatic rings. The van der Waals surface area contributed by atoms with E-state index >= 15 is 0 Å². The van der Waals surface area contributed by atoms with Gasteiger partial charge in [0.1, 0.15) is 11.3 Å². The molecule has 0 N–H and O–H groups in total. The first kappa shape index (κ1) is 16.8. The smallest absolute Gasteiger partial charge is 0.110 e. The van der Waals surface area contributed by atoms with Gasteiger partial charge in [-0.25, -0.2) is 4.98 Å². The lowest BCUT2D eigenvalue weighted by molar-refractivity contribution is 0.603. The molecule has 1 aliphatic rings. The van der Waals surface area contributed by atoms with E-state index in [1.54, 1.807) is 0 Å². The van der Waals surface area contributed by atoms with Crippen molar-refractivity contribution < 1.29 is 0 Å². The molecular formula is C19H29N3S. The SMILES string of the molecule is CCCCSCCCCn1c(CC2CC2)nc2cncc(C)c21. The molecule has 0 spiro atoms. The van der Waals surface area contributed by atoms with E-state index in [0.717, 1.165) is 24.4 Å². The number of aromatic nitrogens is 3. The maximum Gasteiger partial charge on any atom is 0.110 e. The van der Waals surface area contributed by atoms with Gasteiger partial charge in [-0.1, -0.05) is 13.3 Å². The van der Waals surface area contributed by atoms with Crippen LogP contribution >= 0.6 is 11.8 Å². The van der Waals surface area contributed by atoms with Gasteiger partial charge in [0.05, 0.1) is 11.7 Å². The van der Waals surface area contributed by atoms with Crippen LogP contribution in [0.25, 0.3) is 11.0 Å². The van der Waals surface area contributed by atoms with E-state index in [1.165, 1.54) is 66.9 Å². The number of hydrogen-bond acceptors (Lipinski definition) is 3. The van der Waals surface area contributed by atoms with Gasteiger partial charge in [0, 0.05) is 19.2 Å². The summed E-state index contributed by atoms with van der Waals surface area (Å²) in [6.07, 6.45) is 13.0. The molecule has 0 atom stereocenters. The lowest BCUT2D eigenvalue weighted by Crippen LogP contribution is -2.06. The molecule has 0 bridgehead atoms. The van der Waals surface area contributed by atoms with Gasteiger partial charge in [0.25, 0.3) is 0 Å². The predicted octanol–water partition coefficient (Wildman–Crippen LogP) is 5.01. The topological polar surface area (TPSA) is 30.7 Å². The zero-order valence-electron chi connectivity index (χ0n) is 14.6. The molecule has 2 aromatic heterocycles. The Hall–Kier alpha value is -1.03. The second kappa shape index (κ2) is 8.18. The molecule has 0 amide bonds. The first-order chi connectivity index (χ1) is 11.3. The van der Waals surface area contributed by atoms with E-state index in [9.17, 15) is 0 Å². The first-order valence-electron chi connectivity index (χ1n) is 9.17. The van der Waals surface area contributed by atoms with Crippen molar-refractivity contribution in [2.24, 2.45) is 5.92 Å². The molecule has 1 fully saturated rings. The maximum atomic E-state index is 4.89. The predicted molar refractivity (Wildman–Crippen MR) is 100 cm³/mol. The summed E-state index contributed by atoms with van der Waals surface area (Å²) in [5, 5.41) is 0. The minimum atomic E-state index is 0.878. The monoisotopic (exact) mass is 331 g/mol. The largest absolute Gasteiger partial charge is 0.328 e. The Morgan fingerprint density at radius 2 is 2.00 bits per heavy atom. The van der Waals surface area contributed by atoms with Crippen LogP contribution in [0.15, 0.2) is 12.4 Å². The molecule has 0 radical (unpaired) electrons. The summed E-state index contributed by atoms with van der Waals surface area (Å²) in [5.41, 5.74) is 3.65. The molecule has 0 aromatic carbocycles.